The van der Waals surface area contributed by atoms with E-state index in [9.17, 15) is 9.90 Å². The van der Waals surface area contributed by atoms with Crippen LogP contribution in [0.3, 0.4) is 0 Å². The van der Waals surface area contributed by atoms with Crippen LogP contribution in [0.4, 0.5) is 0 Å². The van der Waals surface area contributed by atoms with Gasteiger partial charge in [0.1, 0.15) is 5.78 Å². The molecule has 0 saturated heterocycles. The molecule has 0 aromatic heterocycles. The number of ketones is 1. The van der Waals surface area contributed by atoms with Crippen molar-refractivity contribution < 1.29 is 9.90 Å². The first-order valence-corrected chi connectivity index (χ1v) is 7.25. The second-order valence-electron chi connectivity index (χ2n) is 6.06. The van der Waals surface area contributed by atoms with Gasteiger partial charge in [-0.3, -0.25) is 4.79 Å². The molecule has 0 heterocycles. The molecule has 0 aromatic rings. The van der Waals surface area contributed by atoms with Crippen LogP contribution in [-0.4, -0.2) is 17.0 Å². The zero-order valence-electron chi connectivity index (χ0n) is 13.1. The number of Topliss-reactive ketones (excluding diaryl/α,β-unsaturated/α-hetero) is 1. The Morgan fingerprint density at radius 2 is 1.95 bits per heavy atom. The maximum atomic E-state index is 12.4. The van der Waals surface area contributed by atoms with Crippen molar-refractivity contribution in [3.05, 3.63) is 24.8 Å². The average Bonchev–Trinajstić information content (AvgIpc) is 2.36. The van der Waals surface area contributed by atoms with Crippen LogP contribution in [0, 0.1) is 17.3 Å². The standard InChI is InChI=1S/C17H30O2/c1-7-9-10-11-13(3)15(18)14(4)16(19)17(5,6)12-8-2/h7-8,12-15,18H,1,9-11H2,2-6H3/b12-8+. The molecule has 110 valence electrons. The summed E-state index contributed by atoms with van der Waals surface area (Å²) < 4.78 is 0. The van der Waals surface area contributed by atoms with Gasteiger partial charge in [-0.25, -0.2) is 0 Å². The van der Waals surface area contributed by atoms with E-state index in [-0.39, 0.29) is 17.6 Å². The van der Waals surface area contributed by atoms with Gasteiger partial charge < -0.3 is 5.11 Å². The molecule has 0 aliphatic heterocycles. The maximum absolute atomic E-state index is 12.4. The second-order valence-corrected chi connectivity index (χ2v) is 6.06. The van der Waals surface area contributed by atoms with Crippen molar-refractivity contribution in [2.45, 2.75) is 60.0 Å². The van der Waals surface area contributed by atoms with Crippen LogP contribution in [0.5, 0.6) is 0 Å². The topological polar surface area (TPSA) is 37.3 Å². The molecule has 0 aliphatic rings. The van der Waals surface area contributed by atoms with E-state index in [0.717, 1.165) is 19.3 Å². The molecule has 0 rings (SSSR count). The minimum Gasteiger partial charge on any atom is -0.392 e. The molecule has 2 nitrogen and oxygen atoms in total. The zero-order chi connectivity index (χ0) is 15.1. The van der Waals surface area contributed by atoms with Crippen molar-refractivity contribution in [1.82, 2.24) is 0 Å². The van der Waals surface area contributed by atoms with E-state index >= 15 is 0 Å². The summed E-state index contributed by atoms with van der Waals surface area (Å²) in [5.41, 5.74) is -0.504. The van der Waals surface area contributed by atoms with Gasteiger partial charge in [-0.1, -0.05) is 32.1 Å². The fraction of sp³-hybridized carbons (Fsp3) is 0.706. The summed E-state index contributed by atoms with van der Waals surface area (Å²) >= 11 is 0. The summed E-state index contributed by atoms with van der Waals surface area (Å²) in [5.74, 6) is -0.0843. The minimum atomic E-state index is -0.568. The van der Waals surface area contributed by atoms with E-state index in [1.807, 2.05) is 52.8 Å². The highest BCUT2D eigenvalue weighted by atomic mass is 16.3. The summed E-state index contributed by atoms with van der Waals surface area (Å²) in [6.45, 7) is 13.3. The molecule has 0 bridgehead atoms. The largest absolute Gasteiger partial charge is 0.392 e. The Balaban J connectivity index is 4.58. The first kappa shape index (κ1) is 18.1. The van der Waals surface area contributed by atoms with E-state index in [2.05, 4.69) is 6.58 Å². The van der Waals surface area contributed by atoms with E-state index in [0.29, 0.717) is 0 Å². The molecule has 0 amide bonds. The third-order valence-electron chi connectivity index (χ3n) is 3.79. The monoisotopic (exact) mass is 266 g/mol. The Bertz CT molecular complexity index is 315. The molecule has 0 spiro atoms. The third kappa shape index (κ3) is 5.73. The molecule has 2 heteroatoms. The van der Waals surface area contributed by atoms with Gasteiger partial charge in [0.25, 0.3) is 0 Å². The van der Waals surface area contributed by atoms with Crippen LogP contribution >= 0.6 is 0 Å². The van der Waals surface area contributed by atoms with Crippen LogP contribution in [0.15, 0.2) is 24.8 Å². The molecule has 0 fully saturated rings. The predicted octanol–water partition coefficient (Wildman–Crippen LogP) is 4.15. The lowest BCUT2D eigenvalue weighted by Crippen LogP contribution is -2.37. The predicted molar refractivity (Wildman–Crippen MR) is 82.0 cm³/mol. The summed E-state index contributed by atoms with van der Waals surface area (Å²) in [6, 6.07) is 0. The van der Waals surface area contributed by atoms with Gasteiger partial charge in [0.2, 0.25) is 0 Å². The Morgan fingerprint density at radius 1 is 1.37 bits per heavy atom. The van der Waals surface area contributed by atoms with Crippen LogP contribution in [0.1, 0.15) is 53.9 Å². The highest BCUT2D eigenvalue weighted by molar-refractivity contribution is 5.88. The number of hydrogen-bond acceptors (Lipinski definition) is 2. The van der Waals surface area contributed by atoms with Gasteiger partial charge in [-0.05, 0) is 46.0 Å². The number of allylic oxidation sites excluding steroid dienone is 3. The Morgan fingerprint density at radius 3 is 2.42 bits per heavy atom. The summed E-state index contributed by atoms with van der Waals surface area (Å²) in [5, 5.41) is 10.3. The normalized spacial score (nSPS) is 17.2. The molecule has 3 atom stereocenters. The Hall–Kier alpha value is -0.890. The molecule has 19 heavy (non-hydrogen) atoms. The van der Waals surface area contributed by atoms with Gasteiger partial charge >= 0.3 is 0 Å². The number of carbonyl (C=O) groups excluding carboxylic acids is 1. The van der Waals surface area contributed by atoms with Crippen molar-refractivity contribution in [3.8, 4) is 0 Å². The number of aliphatic hydroxyl groups is 1. The highest BCUT2D eigenvalue weighted by Crippen LogP contribution is 2.28. The summed E-state index contributed by atoms with van der Waals surface area (Å²) in [4.78, 5) is 12.4. The van der Waals surface area contributed by atoms with Gasteiger partial charge in [0.05, 0.1) is 6.10 Å². The number of unbranched alkanes of at least 4 members (excludes halogenated alkanes) is 1. The smallest absolute Gasteiger partial charge is 0.147 e. The lowest BCUT2D eigenvalue weighted by molar-refractivity contribution is -0.133. The number of rotatable bonds is 9. The molecule has 3 unspecified atom stereocenters. The molecule has 0 aliphatic carbocycles. The molecule has 0 radical (unpaired) electrons. The van der Waals surface area contributed by atoms with Crippen molar-refractivity contribution in [3.63, 3.8) is 0 Å². The molecule has 0 saturated carbocycles. The second kappa shape index (κ2) is 8.31. The van der Waals surface area contributed by atoms with Crippen LogP contribution < -0.4 is 0 Å². The lowest BCUT2D eigenvalue weighted by atomic mass is 9.76. The molecule has 1 N–H and O–H groups in total. The van der Waals surface area contributed by atoms with Crippen molar-refractivity contribution in [2.24, 2.45) is 17.3 Å². The number of aliphatic hydroxyl groups excluding tert-OH is 1. The van der Waals surface area contributed by atoms with Crippen LogP contribution in [0.2, 0.25) is 0 Å². The Kier molecular flexibility index (Phi) is 7.93. The van der Waals surface area contributed by atoms with Crippen molar-refractivity contribution in [1.29, 1.82) is 0 Å². The van der Waals surface area contributed by atoms with Gasteiger partial charge in [0.15, 0.2) is 0 Å². The van der Waals surface area contributed by atoms with Gasteiger partial charge in [-0.15, -0.1) is 6.58 Å². The highest BCUT2D eigenvalue weighted by Gasteiger charge is 2.34. The minimum absolute atomic E-state index is 0.105. The lowest BCUT2D eigenvalue weighted by Gasteiger charge is -2.29. The Labute approximate surface area is 118 Å². The molecule has 0 aromatic carbocycles. The van der Waals surface area contributed by atoms with E-state index in [1.54, 1.807) is 0 Å². The zero-order valence-corrected chi connectivity index (χ0v) is 13.1. The SMILES string of the molecule is C=CCCCC(C)C(O)C(C)C(=O)C(C)(C)/C=C/C. The first-order chi connectivity index (χ1) is 8.77. The van der Waals surface area contributed by atoms with Crippen molar-refractivity contribution >= 4 is 5.78 Å². The molecular weight excluding hydrogens is 236 g/mol. The fourth-order valence-electron chi connectivity index (χ4n) is 2.49. The quantitative estimate of drug-likeness (QED) is 0.503. The maximum Gasteiger partial charge on any atom is 0.147 e. The summed E-state index contributed by atoms with van der Waals surface area (Å²) in [7, 11) is 0. The van der Waals surface area contributed by atoms with E-state index in [1.165, 1.54) is 0 Å². The van der Waals surface area contributed by atoms with E-state index < -0.39 is 11.5 Å². The van der Waals surface area contributed by atoms with E-state index in [4.69, 9.17) is 0 Å². The summed E-state index contributed by atoms with van der Waals surface area (Å²) in [6.07, 6.45) is 8.02. The van der Waals surface area contributed by atoms with Gasteiger partial charge in [0, 0.05) is 11.3 Å². The average molecular weight is 266 g/mol. The van der Waals surface area contributed by atoms with Crippen molar-refractivity contribution in [2.75, 3.05) is 0 Å². The fourth-order valence-corrected chi connectivity index (χ4v) is 2.49. The number of carbonyl (C=O) groups is 1. The van der Waals surface area contributed by atoms with Crippen LogP contribution in [0.25, 0.3) is 0 Å². The molecular formula is C17H30O2. The third-order valence-corrected chi connectivity index (χ3v) is 3.79. The van der Waals surface area contributed by atoms with Gasteiger partial charge in [-0.2, -0.15) is 0 Å². The number of hydrogen-bond donors (Lipinski definition) is 1. The first-order valence-electron chi connectivity index (χ1n) is 7.25. The van der Waals surface area contributed by atoms with Crippen LogP contribution in [-0.2, 0) is 4.79 Å².